The summed E-state index contributed by atoms with van der Waals surface area (Å²) < 4.78 is 7.56. The number of benzene rings is 1. The number of rotatable bonds is 7. The van der Waals surface area contributed by atoms with Crippen LogP contribution in [0.25, 0.3) is 11.4 Å². The summed E-state index contributed by atoms with van der Waals surface area (Å²) in [5, 5.41) is 19.7. The number of nitrogens with two attached hydrogens (primary N) is 1. The van der Waals surface area contributed by atoms with E-state index in [2.05, 4.69) is 10.2 Å². The molecule has 1 aromatic carbocycles. The van der Waals surface area contributed by atoms with Gasteiger partial charge in [0.15, 0.2) is 11.0 Å². The Bertz CT molecular complexity index is 771. The average Bonchev–Trinajstić information content (AvgIpc) is 3.23. The average molecular weight is 363 g/mol. The highest BCUT2D eigenvalue weighted by Crippen LogP contribution is 2.27. The quantitative estimate of drug-likeness (QED) is 0.450. The molecule has 9 nitrogen and oxygen atoms in total. The molecule has 2 N–H and O–H groups in total. The molecule has 1 aromatic heterocycles. The SMILES string of the molecule is NC(=O)CSc1nnc(-c2ccc([N+](=O)[O-])cc2)n1C[C@@H]1CCCO1. The second-order valence-corrected chi connectivity index (χ2v) is 6.55. The van der Waals surface area contributed by atoms with E-state index in [4.69, 9.17) is 10.5 Å². The number of nitro benzene ring substituents is 1. The third kappa shape index (κ3) is 4.15. The van der Waals surface area contributed by atoms with E-state index >= 15 is 0 Å². The van der Waals surface area contributed by atoms with Crippen LogP contribution in [-0.4, -0.2) is 44.1 Å². The lowest BCUT2D eigenvalue weighted by Crippen LogP contribution is -2.18. The lowest BCUT2D eigenvalue weighted by molar-refractivity contribution is -0.384. The third-order valence-corrected chi connectivity index (χ3v) is 4.80. The van der Waals surface area contributed by atoms with Crippen molar-refractivity contribution in [1.29, 1.82) is 0 Å². The minimum absolute atomic E-state index is 0.0114. The summed E-state index contributed by atoms with van der Waals surface area (Å²) in [5.74, 6) is 0.245. The Kier molecular flexibility index (Phi) is 5.29. The molecule has 3 rings (SSSR count). The zero-order valence-electron chi connectivity index (χ0n) is 13.3. The molecule has 0 unspecified atom stereocenters. The fourth-order valence-corrected chi connectivity index (χ4v) is 3.32. The van der Waals surface area contributed by atoms with Gasteiger partial charge in [-0.1, -0.05) is 11.8 Å². The maximum atomic E-state index is 11.1. The topological polar surface area (TPSA) is 126 Å². The maximum absolute atomic E-state index is 11.1. The predicted molar refractivity (Wildman–Crippen MR) is 91.0 cm³/mol. The number of primary amides is 1. The standard InChI is InChI=1S/C15H17N5O4S/c16-13(21)9-25-15-18-17-14(19(15)8-12-2-1-7-24-12)10-3-5-11(6-4-10)20(22)23/h3-6,12H,1-2,7-9H2,(H2,16,21)/t12-/m0/s1. The van der Waals surface area contributed by atoms with Gasteiger partial charge in [-0.25, -0.2) is 0 Å². The second kappa shape index (κ2) is 7.62. The van der Waals surface area contributed by atoms with Crippen molar-refractivity contribution in [2.75, 3.05) is 12.4 Å². The Morgan fingerprint density at radius 1 is 1.40 bits per heavy atom. The number of ether oxygens (including phenoxy) is 1. The van der Waals surface area contributed by atoms with Gasteiger partial charge in [-0.15, -0.1) is 10.2 Å². The molecule has 1 aliphatic heterocycles. The van der Waals surface area contributed by atoms with E-state index in [1.165, 1.54) is 23.9 Å². The Balaban J connectivity index is 1.90. The molecule has 0 spiro atoms. The normalized spacial score (nSPS) is 16.9. The largest absolute Gasteiger partial charge is 0.376 e. The molecule has 1 fully saturated rings. The molecule has 1 saturated heterocycles. The third-order valence-electron chi connectivity index (χ3n) is 3.81. The molecule has 2 heterocycles. The minimum Gasteiger partial charge on any atom is -0.376 e. The summed E-state index contributed by atoms with van der Waals surface area (Å²) in [7, 11) is 0. The van der Waals surface area contributed by atoms with Crippen molar-refractivity contribution in [1.82, 2.24) is 14.8 Å². The summed E-state index contributed by atoms with van der Waals surface area (Å²) in [6.45, 7) is 1.28. The highest BCUT2D eigenvalue weighted by molar-refractivity contribution is 7.99. The van der Waals surface area contributed by atoms with Gasteiger partial charge in [-0.3, -0.25) is 19.5 Å². The molecule has 2 aromatic rings. The van der Waals surface area contributed by atoms with Crippen LogP contribution in [0.5, 0.6) is 0 Å². The van der Waals surface area contributed by atoms with Gasteiger partial charge in [0, 0.05) is 24.3 Å². The summed E-state index contributed by atoms with van der Waals surface area (Å²) >= 11 is 1.21. The van der Waals surface area contributed by atoms with Crippen LogP contribution in [0.3, 0.4) is 0 Å². The van der Waals surface area contributed by atoms with Gasteiger partial charge in [0.1, 0.15) is 0 Å². The first-order chi connectivity index (χ1) is 12.0. The smallest absolute Gasteiger partial charge is 0.269 e. The van der Waals surface area contributed by atoms with Crippen LogP contribution in [-0.2, 0) is 16.1 Å². The summed E-state index contributed by atoms with van der Waals surface area (Å²) in [4.78, 5) is 21.4. The van der Waals surface area contributed by atoms with Crippen LogP contribution in [0, 0.1) is 10.1 Å². The molecule has 0 radical (unpaired) electrons. The van der Waals surface area contributed by atoms with E-state index in [1.54, 1.807) is 12.1 Å². The van der Waals surface area contributed by atoms with E-state index in [9.17, 15) is 14.9 Å². The van der Waals surface area contributed by atoms with Crippen molar-refractivity contribution in [3.05, 3.63) is 34.4 Å². The van der Waals surface area contributed by atoms with Crippen LogP contribution < -0.4 is 5.73 Å². The van der Waals surface area contributed by atoms with Gasteiger partial charge < -0.3 is 10.5 Å². The first kappa shape index (κ1) is 17.4. The highest BCUT2D eigenvalue weighted by atomic mass is 32.2. The number of carbonyl (C=O) groups is 1. The minimum atomic E-state index is -0.449. The Morgan fingerprint density at radius 3 is 2.76 bits per heavy atom. The van der Waals surface area contributed by atoms with Crippen molar-refractivity contribution >= 4 is 23.4 Å². The number of nitrogens with zero attached hydrogens (tertiary/aromatic N) is 4. The van der Waals surface area contributed by atoms with Gasteiger partial charge >= 0.3 is 0 Å². The van der Waals surface area contributed by atoms with Crippen molar-refractivity contribution in [3.8, 4) is 11.4 Å². The van der Waals surface area contributed by atoms with Crippen LogP contribution >= 0.6 is 11.8 Å². The van der Waals surface area contributed by atoms with Gasteiger partial charge in [-0.2, -0.15) is 0 Å². The second-order valence-electron chi connectivity index (χ2n) is 5.61. The van der Waals surface area contributed by atoms with E-state index < -0.39 is 10.8 Å². The van der Waals surface area contributed by atoms with E-state index in [0.717, 1.165) is 19.4 Å². The fraction of sp³-hybridized carbons (Fsp3) is 0.400. The fourth-order valence-electron chi connectivity index (χ4n) is 2.63. The zero-order chi connectivity index (χ0) is 17.8. The number of aromatic nitrogens is 3. The predicted octanol–water partition coefficient (Wildman–Crippen LogP) is 1.61. The van der Waals surface area contributed by atoms with Crippen molar-refractivity contribution in [2.45, 2.75) is 30.6 Å². The molecule has 1 atom stereocenters. The zero-order valence-corrected chi connectivity index (χ0v) is 14.1. The van der Waals surface area contributed by atoms with Gasteiger partial charge in [0.2, 0.25) is 5.91 Å². The molecule has 132 valence electrons. The van der Waals surface area contributed by atoms with Crippen molar-refractivity contribution < 1.29 is 14.5 Å². The number of hydrogen-bond donors (Lipinski definition) is 1. The first-order valence-corrected chi connectivity index (χ1v) is 8.74. The molecule has 1 amide bonds. The number of amides is 1. The lowest BCUT2D eigenvalue weighted by Gasteiger charge is -2.14. The van der Waals surface area contributed by atoms with Crippen LogP contribution in [0.4, 0.5) is 5.69 Å². The van der Waals surface area contributed by atoms with Gasteiger partial charge in [0.25, 0.3) is 5.69 Å². The lowest BCUT2D eigenvalue weighted by atomic mass is 10.2. The number of nitro groups is 1. The maximum Gasteiger partial charge on any atom is 0.269 e. The van der Waals surface area contributed by atoms with Crippen molar-refractivity contribution in [3.63, 3.8) is 0 Å². The summed E-state index contributed by atoms with van der Waals surface area (Å²) in [6, 6.07) is 6.13. The van der Waals surface area contributed by atoms with Crippen molar-refractivity contribution in [2.24, 2.45) is 5.73 Å². The Morgan fingerprint density at radius 2 is 2.16 bits per heavy atom. The van der Waals surface area contributed by atoms with E-state index in [0.29, 0.717) is 23.1 Å². The molecular formula is C15H17N5O4S. The van der Waals surface area contributed by atoms with Gasteiger partial charge in [-0.05, 0) is 25.0 Å². The molecule has 25 heavy (non-hydrogen) atoms. The number of carbonyl (C=O) groups excluding carboxylic acids is 1. The molecule has 10 heteroatoms. The van der Waals surface area contributed by atoms with Gasteiger partial charge in [0.05, 0.1) is 23.3 Å². The number of hydrogen-bond acceptors (Lipinski definition) is 7. The Hall–Kier alpha value is -2.46. The molecule has 0 aliphatic carbocycles. The number of thioether (sulfide) groups is 1. The number of non-ortho nitro benzene ring substituents is 1. The molecule has 0 saturated carbocycles. The summed E-state index contributed by atoms with van der Waals surface area (Å²) in [6.07, 6.45) is 2.00. The molecular weight excluding hydrogens is 346 g/mol. The first-order valence-electron chi connectivity index (χ1n) is 7.75. The molecule has 1 aliphatic rings. The molecule has 0 bridgehead atoms. The highest BCUT2D eigenvalue weighted by Gasteiger charge is 2.22. The van der Waals surface area contributed by atoms with Crippen LogP contribution in [0.15, 0.2) is 29.4 Å². The Labute approximate surface area is 147 Å². The monoisotopic (exact) mass is 363 g/mol. The van der Waals surface area contributed by atoms with E-state index in [-0.39, 0.29) is 17.5 Å². The van der Waals surface area contributed by atoms with Crippen LogP contribution in [0.1, 0.15) is 12.8 Å². The summed E-state index contributed by atoms with van der Waals surface area (Å²) in [5.41, 5.74) is 5.93. The van der Waals surface area contributed by atoms with E-state index in [1.807, 2.05) is 4.57 Å². The van der Waals surface area contributed by atoms with Crippen LogP contribution in [0.2, 0.25) is 0 Å².